The number of nitrogen functional groups attached to an aromatic ring is 1. The minimum absolute atomic E-state index is 0.134. The summed E-state index contributed by atoms with van der Waals surface area (Å²) in [5.74, 6) is -3.55. The Kier molecular flexibility index (Phi) is 7.25. The highest BCUT2D eigenvalue weighted by Crippen LogP contribution is 2.39. The molecule has 4 rings (SSSR count). The van der Waals surface area contributed by atoms with Crippen LogP contribution in [0.3, 0.4) is 0 Å². The number of aromatic nitrogens is 1. The summed E-state index contributed by atoms with van der Waals surface area (Å²) in [4.78, 5) is 19.1. The van der Waals surface area contributed by atoms with Gasteiger partial charge in [0, 0.05) is 35.8 Å². The van der Waals surface area contributed by atoms with Crippen molar-refractivity contribution in [1.29, 1.82) is 10.7 Å². The number of nitrogens with two attached hydrogens (primary N) is 1. The first-order chi connectivity index (χ1) is 18.3. The molecule has 0 fully saturated rings. The Hall–Kier alpha value is -4.57. The number of alkyl halides is 2. The molecule has 2 heterocycles. The number of nitriles is 1. The number of amides is 1. The van der Waals surface area contributed by atoms with E-state index in [2.05, 4.69) is 15.0 Å². The van der Waals surface area contributed by atoms with E-state index in [1.165, 1.54) is 47.4 Å². The van der Waals surface area contributed by atoms with Gasteiger partial charge in [-0.25, -0.2) is 22.2 Å². The third kappa shape index (κ3) is 5.96. The zero-order valence-electron chi connectivity index (χ0n) is 21.0. The summed E-state index contributed by atoms with van der Waals surface area (Å²) >= 11 is 0. The first kappa shape index (κ1) is 27.5. The Morgan fingerprint density at radius 1 is 1.23 bits per heavy atom. The zero-order chi connectivity index (χ0) is 28.5. The molecule has 202 valence electrons. The van der Waals surface area contributed by atoms with Gasteiger partial charge in [-0.1, -0.05) is 12.1 Å². The van der Waals surface area contributed by atoms with E-state index in [1.807, 2.05) is 6.07 Å². The summed E-state index contributed by atoms with van der Waals surface area (Å²) in [6.07, 6.45) is 1.16. The number of hydrogen-bond acceptors (Lipinski definition) is 7. The minimum atomic E-state index is -3.61. The maximum absolute atomic E-state index is 14.3. The molecule has 0 bridgehead atoms. The molecule has 39 heavy (non-hydrogen) atoms. The number of fused-ring (bicyclic) bond motifs is 1. The van der Waals surface area contributed by atoms with Gasteiger partial charge in [-0.2, -0.15) is 5.26 Å². The first-order valence-corrected chi connectivity index (χ1v) is 13.6. The van der Waals surface area contributed by atoms with Crippen molar-refractivity contribution in [3.8, 4) is 17.2 Å². The monoisotopic (exact) mass is 553 g/mol. The predicted octanol–water partition coefficient (Wildman–Crippen LogP) is 4.00. The highest BCUT2D eigenvalue weighted by Gasteiger charge is 2.37. The molecule has 0 saturated carbocycles. The molecule has 0 radical (unpaired) electrons. The summed E-state index contributed by atoms with van der Waals surface area (Å²) in [5.41, 5.74) is 7.19. The summed E-state index contributed by atoms with van der Waals surface area (Å²) in [6.45, 7) is 0.867. The smallest absolute Gasteiger partial charge is 0.270 e. The van der Waals surface area contributed by atoms with E-state index in [0.717, 1.165) is 13.2 Å². The second-order valence-electron chi connectivity index (χ2n) is 9.09. The van der Waals surface area contributed by atoms with Crippen molar-refractivity contribution in [3.63, 3.8) is 0 Å². The molecule has 1 aromatic heterocycles. The molecular formula is C26H25F2N7O3S. The molecule has 0 spiro atoms. The van der Waals surface area contributed by atoms with Gasteiger partial charge < -0.3 is 11.1 Å². The number of rotatable bonds is 9. The zero-order valence-corrected chi connectivity index (χ0v) is 21.9. The lowest BCUT2D eigenvalue weighted by Gasteiger charge is -2.20. The second-order valence-corrected chi connectivity index (χ2v) is 10.8. The number of amidine groups is 1. The Bertz CT molecular complexity index is 1630. The largest absolute Gasteiger partial charge is 0.384 e. The molecular weight excluding hydrogens is 528 g/mol. The van der Waals surface area contributed by atoms with Crippen LogP contribution >= 0.6 is 0 Å². The van der Waals surface area contributed by atoms with Gasteiger partial charge >= 0.3 is 0 Å². The lowest BCUT2D eigenvalue weighted by molar-refractivity contribution is 0.0166. The fraction of sp³-hybridized carbons (Fsp3) is 0.231. The van der Waals surface area contributed by atoms with Gasteiger partial charge in [0.25, 0.3) is 11.8 Å². The predicted molar refractivity (Wildman–Crippen MR) is 144 cm³/mol. The SMILES string of the molecule is CC(F)(F)c1cccc2c1CN(c1cc(-c3cc(NS(C)(=O)=O)ccc3C(=N)N)cc(NCCC#N)n1)C2=O. The van der Waals surface area contributed by atoms with Crippen molar-refractivity contribution < 1.29 is 22.0 Å². The van der Waals surface area contributed by atoms with Crippen molar-refractivity contribution in [3.05, 3.63) is 70.8 Å². The van der Waals surface area contributed by atoms with Crippen LogP contribution in [-0.4, -0.2) is 37.9 Å². The summed E-state index contributed by atoms with van der Waals surface area (Å²) in [6, 6.07) is 13.8. The number of hydrogen-bond donors (Lipinski definition) is 4. The minimum Gasteiger partial charge on any atom is -0.384 e. The van der Waals surface area contributed by atoms with Crippen LogP contribution in [-0.2, 0) is 22.5 Å². The fourth-order valence-corrected chi connectivity index (χ4v) is 4.93. The molecule has 0 unspecified atom stereocenters. The summed E-state index contributed by atoms with van der Waals surface area (Å²) in [5, 5.41) is 20.0. The van der Waals surface area contributed by atoms with Gasteiger partial charge in [-0.15, -0.1) is 0 Å². The third-order valence-electron chi connectivity index (χ3n) is 6.00. The molecule has 1 amide bonds. The van der Waals surface area contributed by atoms with Gasteiger partial charge in [0.2, 0.25) is 10.0 Å². The number of anilines is 3. The van der Waals surface area contributed by atoms with Gasteiger partial charge in [-0.05, 0) is 53.1 Å². The molecule has 5 N–H and O–H groups in total. The molecule has 1 aliphatic heterocycles. The Morgan fingerprint density at radius 2 is 1.97 bits per heavy atom. The fourth-order valence-electron chi connectivity index (χ4n) is 4.37. The standard InChI is InChI=1S/C26H25F2N7O3S/c1-26(27,28)21-6-3-5-18-20(21)14-35(25(18)36)23-12-15(11-22(33-23)32-10-4-9-29)19-13-16(34-39(2,37)38)7-8-17(19)24(30)31/h3,5-8,11-13,34H,4,10,14H2,1-2H3,(H3,30,31)(H,32,33). The lowest BCUT2D eigenvalue weighted by Crippen LogP contribution is -2.24. The van der Waals surface area contributed by atoms with Crippen LogP contribution in [0.2, 0.25) is 0 Å². The van der Waals surface area contributed by atoms with Crippen molar-refractivity contribution >= 4 is 39.1 Å². The number of halogens is 2. The van der Waals surface area contributed by atoms with E-state index in [4.69, 9.17) is 16.4 Å². The van der Waals surface area contributed by atoms with Crippen LogP contribution in [0.1, 0.15) is 40.4 Å². The van der Waals surface area contributed by atoms with Crippen LogP contribution < -0.4 is 20.7 Å². The van der Waals surface area contributed by atoms with Crippen LogP contribution in [0, 0.1) is 16.7 Å². The number of carbonyl (C=O) groups is 1. The average molecular weight is 554 g/mol. The lowest BCUT2D eigenvalue weighted by atomic mass is 9.98. The summed E-state index contributed by atoms with van der Waals surface area (Å²) in [7, 11) is -3.61. The van der Waals surface area contributed by atoms with E-state index in [9.17, 15) is 22.0 Å². The van der Waals surface area contributed by atoms with Crippen molar-refractivity contribution in [2.45, 2.75) is 25.8 Å². The van der Waals surface area contributed by atoms with Gasteiger partial charge in [0.15, 0.2) is 0 Å². The molecule has 0 aliphatic carbocycles. The normalized spacial score (nSPS) is 13.1. The molecule has 0 saturated heterocycles. The van der Waals surface area contributed by atoms with E-state index in [-0.39, 0.29) is 64.9 Å². The quantitative estimate of drug-likeness (QED) is 0.177. The van der Waals surface area contributed by atoms with Crippen LogP contribution in [0.15, 0.2) is 48.5 Å². The van der Waals surface area contributed by atoms with E-state index < -0.39 is 21.9 Å². The van der Waals surface area contributed by atoms with Crippen molar-refractivity contribution in [2.24, 2.45) is 5.73 Å². The molecule has 3 aromatic rings. The number of benzene rings is 2. The number of carbonyl (C=O) groups excluding carboxylic acids is 1. The first-order valence-electron chi connectivity index (χ1n) is 11.7. The number of nitrogens with one attached hydrogen (secondary N) is 3. The van der Waals surface area contributed by atoms with E-state index >= 15 is 0 Å². The molecule has 10 nitrogen and oxygen atoms in total. The van der Waals surface area contributed by atoms with Gasteiger partial charge in [0.1, 0.15) is 17.5 Å². The van der Waals surface area contributed by atoms with Crippen LogP contribution in [0.4, 0.5) is 26.1 Å². The van der Waals surface area contributed by atoms with Crippen molar-refractivity contribution in [1.82, 2.24) is 4.98 Å². The van der Waals surface area contributed by atoms with Crippen LogP contribution in [0.25, 0.3) is 11.1 Å². The topological polar surface area (TPSA) is 165 Å². The Balaban J connectivity index is 1.86. The Morgan fingerprint density at radius 3 is 2.62 bits per heavy atom. The molecule has 0 atom stereocenters. The second kappa shape index (κ2) is 10.3. The maximum atomic E-state index is 14.3. The molecule has 1 aliphatic rings. The van der Waals surface area contributed by atoms with Gasteiger partial charge in [-0.3, -0.25) is 19.8 Å². The third-order valence-corrected chi connectivity index (χ3v) is 6.60. The number of sulfonamides is 1. The summed E-state index contributed by atoms with van der Waals surface area (Å²) < 4.78 is 54.6. The van der Waals surface area contributed by atoms with E-state index in [0.29, 0.717) is 11.1 Å². The highest BCUT2D eigenvalue weighted by molar-refractivity contribution is 7.92. The number of nitrogens with zero attached hydrogens (tertiary/aromatic N) is 3. The van der Waals surface area contributed by atoms with Crippen LogP contribution in [0.5, 0.6) is 0 Å². The van der Waals surface area contributed by atoms with Gasteiger partial charge in [0.05, 0.1) is 25.3 Å². The van der Waals surface area contributed by atoms with Crippen molar-refractivity contribution in [2.75, 3.05) is 27.7 Å². The molecule has 13 heteroatoms. The molecule has 2 aromatic carbocycles. The number of pyridine rings is 1. The Labute approximate surface area is 224 Å². The van der Waals surface area contributed by atoms with E-state index in [1.54, 1.807) is 6.07 Å². The highest BCUT2D eigenvalue weighted by atomic mass is 32.2. The maximum Gasteiger partial charge on any atom is 0.270 e. The average Bonchev–Trinajstić information content (AvgIpc) is 3.19.